The van der Waals surface area contributed by atoms with E-state index < -0.39 is 5.97 Å². The molecule has 1 aromatic rings. The predicted octanol–water partition coefficient (Wildman–Crippen LogP) is 1.15. The van der Waals surface area contributed by atoms with Crippen LogP contribution in [0.2, 0.25) is 0 Å². The molecule has 11 heavy (non-hydrogen) atoms. The molecule has 0 saturated heterocycles. The van der Waals surface area contributed by atoms with Crippen molar-refractivity contribution in [2.45, 2.75) is 0 Å². The molecule has 0 radical (unpaired) electrons. The summed E-state index contributed by atoms with van der Waals surface area (Å²) in [5.41, 5.74) is -0.0787. The van der Waals surface area contributed by atoms with Crippen LogP contribution in [-0.2, 0) is 0 Å². The number of hydrogen-bond acceptors (Lipinski definition) is 3. The Morgan fingerprint density at radius 1 is 1.64 bits per heavy atom. The van der Waals surface area contributed by atoms with Crippen LogP contribution in [0.3, 0.4) is 0 Å². The van der Waals surface area contributed by atoms with E-state index in [1.54, 1.807) is 0 Å². The van der Waals surface area contributed by atoms with Gasteiger partial charge in [-0.25, -0.2) is 4.79 Å². The molecular formula is C6H5NO3S. The Hall–Kier alpha value is -1.36. The molecule has 0 aliphatic carbocycles. The highest BCUT2D eigenvalue weighted by atomic mass is 32.1. The molecule has 1 aromatic heterocycles. The van der Waals surface area contributed by atoms with Gasteiger partial charge in [-0.05, 0) is 12.1 Å². The van der Waals surface area contributed by atoms with E-state index in [0.29, 0.717) is 4.73 Å². The van der Waals surface area contributed by atoms with Gasteiger partial charge in [0.15, 0.2) is 4.64 Å². The number of rotatable bonds is 1. The van der Waals surface area contributed by atoms with E-state index in [-0.39, 0.29) is 10.2 Å². The Morgan fingerprint density at radius 3 is 2.73 bits per heavy atom. The number of nitrogens with zero attached hydrogens (tertiary/aromatic N) is 1. The van der Waals surface area contributed by atoms with Crippen molar-refractivity contribution >= 4 is 18.2 Å². The number of carbonyl (C=O) groups is 1. The monoisotopic (exact) mass is 171 g/mol. The minimum atomic E-state index is -1.14. The summed E-state index contributed by atoms with van der Waals surface area (Å²) in [4.78, 5) is 10.4. The summed E-state index contributed by atoms with van der Waals surface area (Å²) < 4.78 is 0.499. The van der Waals surface area contributed by atoms with Gasteiger partial charge in [-0.3, -0.25) is 0 Å². The Balaban J connectivity index is 3.40. The normalized spacial score (nSPS) is 9.45. The lowest BCUT2D eigenvalue weighted by atomic mass is 10.3. The fraction of sp³-hybridized carbons (Fsp3) is 0. The van der Waals surface area contributed by atoms with Gasteiger partial charge in [0.2, 0.25) is 0 Å². The summed E-state index contributed by atoms with van der Waals surface area (Å²) in [5, 5.41) is 17.4. The van der Waals surface area contributed by atoms with Crippen LogP contribution in [-0.4, -0.2) is 21.0 Å². The fourth-order valence-corrected chi connectivity index (χ4v) is 0.862. The molecule has 0 aliphatic rings. The maximum atomic E-state index is 10.4. The van der Waals surface area contributed by atoms with Crippen LogP contribution < -0.4 is 0 Å². The topological polar surface area (TPSA) is 62.5 Å². The molecule has 0 unspecified atom stereocenters. The minimum Gasteiger partial charge on any atom is -0.478 e. The van der Waals surface area contributed by atoms with Gasteiger partial charge in [0.05, 0.1) is 5.56 Å². The van der Waals surface area contributed by atoms with Gasteiger partial charge in [-0.2, -0.15) is 4.73 Å². The van der Waals surface area contributed by atoms with Gasteiger partial charge in [0.25, 0.3) is 0 Å². The Labute approximate surface area is 67.3 Å². The van der Waals surface area contributed by atoms with E-state index in [1.807, 2.05) is 0 Å². The molecule has 4 nitrogen and oxygen atoms in total. The zero-order valence-corrected chi connectivity index (χ0v) is 6.21. The number of carboxylic acid groups (broad SMARTS) is 1. The first-order chi connectivity index (χ1) is 5.13. The zero-order valence-electron chi connectivity index (χ0n) is 5.39. The molecule has 1 heterocycles. The van der Waals surface area contributed by atoms with E-state index in [0.717, 1.165) is 0 Å². The second kappa shape index (κ2) is 2.71. The second-order valence-corrected chi connectivity index (χ2v) is 2.26. The first-order valence-corrected chi connectivity index (χ1v) is 3.18. The van der Waals surface area contributed by atoms with Gasteiger partial charge in [0.1, 0.15) is 0 Å². The lowest BCUT2D eigenvalue weighted by Gasteiger charge is -1.97. The van der Waals surface area contributed by atoms with Gasteiger partial charge in [0, 0.05) is 6.20 Å². The fourth-order valence-electron chi connectivity index (χ4n) is 0.646. The lowest BCUT2D eigenvalue weighted by molar-refractivity contribution is 0.0690. The van der Waals surface area contributed by atoms with Crippen molar-refractivity contribution in [3.63, 3.8) is 0 Å². The van der Waals surface area contributed by atoms with Crippen LogP contribution in [0.15, 0.2) is 18.3 Å². The number of carboxylic acids is 1. The highest BCUT2D eigenvalue weighted by molar-refractivity contribution is 7.71. The zero-order chi connectivity index (χ0) is 8.43. The van der Waals surface area contributed by atoms with Crippen molar-refractivity contribution in [2.24, 2.45) is 0 Å². The highest BCUT2D eigenvalue weighted by Crippen LogP contribution is 2.00. The quantitative estimate of drug-likeness (QED) is 0.491. The summed E-state index contributed by atoms with van der Waals surface area (Å²) in [6.45, 7) is 0. The van der Waals surface area contributed by atoms with Crippen LogP contribution >= 0.6 is 12.2 Å². The van der Waals surface area contributed by atoms with Crippen LogP contribution in [0.4, 0.5) is 0 Å². The average molecular weight is 171 g/mol. The molecule has 1 rings (SSSR count). The van der Waals surface area contributed by atoms with E-state index in [9.17, 15) is 4.79 Å². The maximum Gasteiger partial charge on any atom is 0.338 e. The minimum absolute atomic E-state index is 0.0787. The number of aromatic nitrogens is 1. The molecule has 58 valence electrons. The number of hydrogen-bond donors (Lipinski definition) is 2. The van der Waals surface area contributed by atoms with Gasteiger partial charge < -0.3 is 10.3 Å². The van der Waals surface area contributed by atoms with E-state index in [2.05, 4.69) is 12.2 Å². The first-order valence-electron chi connectivity index (χ1n) is 2.77. The van der Waals surface area contributed by atoms with E-state index in [1.165, 1.54) is 18.3 Å². The summed E-state index contributed by atoms with van der Waals surface area (Å²) in [7, 11) is 0. The molecule has 2 N–H and O–H groups in total. The van der Waals surface area contributed by atoms with Crippen molar-refractivity contribution in [2.75, 3.05) is 0 Å². The first kappa shape index (κ1) is 7.74. The molecule has 0 spiro atoms. The molecule has 0 atom stereocenters. The molecule has 0 fully saturated rings. The van der Waals surface area contributed by atoms with Crippen molar-refractivity contribution in [3.8, 4) is 0 Å². The standard InChI is InChI=1S/C6H5NO3S/c8-6(9)4-2-1-3-7(10)5(4)11/h1-3,10H,(H,8,9). The Bertz CT molecular complexity index is 344. The van der Waals surface area contributed by atoms with E-state index in [4.69, 9.17) is 10.3 Å². The van der Waals surface area contributed by atoms with Gasteiger partial charge >= 0.3 is 5.97 Å². The SMILES string of the molecule is O=C(O)c1cccn(O)c1=S. The molecular weight excluding hydrogens is 166 g/mol. The predicted molar refractivity (Wildman–Crippen MR) is 39.4 cm³/mol. The average Bonchev–Trinajstić information content (AvgIpc) is 1.94. The summed E-state index contributed by atoms with van der Waals surface area (Å²) in [6, 6.07) is 2.73. The Morgan fingerprint density at radius 2 is 2.27 bits per heavy atom. The number of aromatic carboxylic acids is 1. The third-order valence-electron chi connectivity index (χ3n) is 1.16. The largest absolute Gasteiger partial charge is 0.478 e. The highest BCUT2D eigenvalue weighted by Gasteiger charge is 2.05. The third-order valence-corrected chi connectivity index (χ3v) is 1.57. The lowest BCUT2D eigenvalue weighted by Crippen LogP contribution is -2.03. The van der Waals surface area contributed by atoms with Crippen molar-refractivity contribution in [3.05, 3.63) is 28.5 Å². The third kappa shape index (κ3) is 1.38. The van der Waals surface area contributed by atoms with Crippen molar-refractivity contribution in [1.29, 1.82) is 0 Å². The maximum absolute atomic E-state index is 10.4. The molecule has 0 aromatic carbocycles. The van der Waals surface area contributed by atoms with Crippen LogP contribution in [0.1, 0.15) is 10.4 Å². The van der Waals surface area contributed by atoms with E-state index >= 15 is 0 Å². The number of pyridine rings is 1. The Kier molecular flexibility index (Phi) is 1.91. The van der Waals surface area contributed by atoms with Gasteiger partial charge in [-0.1, -0.05) is 12.2 Å². The second-order valence-electron chi connectivity index (χ2n) is 1.88. The van der Waals surface area contributed by atoms with Crippen LogP contribution in [0.5, 0.6) is 0 Å². The van der Waals surface area contributed by atoms with Crippen LogP contribution in [0, 0.1) is 4.64 Å². The molecule has 5 heteroatoms. The van der Waals surface area contributed by atoms with Crippen molar-refractivity contribution in [1.82, 2.24) is 4.73 Å². The van der Waals surface area contributed by atoms with Gasteiger partial charge in [-0.15, -0.1) is 0 Å². The van der Waals surface area contributed by atoms with Crippen LogP contribution in [0.25, 0.3) is 0 Å². The van der Waals surface area contributed by atoms with Crippen molar-refractivity contribution < 1.29 is 15.1 Å². The molecule has 0 saturated carbocycles. The summed E-state index contributed by atoms with van der Waals surface area (Å²) in [5.74, 6) is -1.14. The smallest absolute Gasteiger partial charge is 0.338 e. The summed E-state index contributed by atoms with van der Waals surface area (Å²) >= 11 is 4.60. The molecule has 0 amide bonds. The summed E-state index contributed by atoms with van der Waals surface area (Å²) in [6.07, 6.45) is 1.27. The molecule has 0 aliphatic heterocycles. The molecule has 0 bridgehead atoms.